The second kappa shape index (κ2) is 6.43. The molecule has 22 heavy (non-hydrogen) atoms. The monoisotopic (exact) mass is 293 g/mol. The average molecular weight is 293 g/mol. The van der Waals surface area contributed by atoms with Crippen molar-refractivity contribution >= 4 is 16.9 Å². The smallest absolute Gasteiger partial charge is 0.251 e. The number of hydrogen-bond donors (Lipinski definition) is 2. The van der Waals surface area contributed by atoms with Crippen LogP contribution < -0.4 is 5.32 Å². The van der Waals surface area contributed by atoms with Gasteiger partial charge in [-0.1, -0.05) is 37.6 Å². The second-order valence-corrected chi connectivity index (χ2v) is 5.29. The number of H-pyrrole nitrogens is 1. The summed E-state index contributed by atoms with van der Waals surface area (Å²) < 4.78 is 0. The second-order valence-electron chi connectivity index (χ2n) is 5.29. The van der Waals surface area contributed by atoms with Crippen LogP contribution in [0.25, 0.3) is 22.4 Å². The summed E-state index contributed by atoms with van der Waals surface area (Å²) in [5, 5.41) is 2.92. The fourth-order valence-electron chi connectivity index (χ4n) is 2.35. The van der Waals surface area contributed by atoms with Crippen LogP contribution in [-0.2, 0) is 0 Å². The molecule has 2 aromatic carbocycles. The number of nitrogens with one attached hydrogen (secondary N) is 2. The average Bonchev–Trinajstić information content (AvgIpc) is 2.99. The van der Waals surface area contributed by atoms with Crippen molar-refractivity contribution in [1.82, 2.24) is 15.3 Å². The molecule has 4 nitrogen and oxygen atoms in total. The highest BCUT2D eigenvalue weighted by molar-refractivity contribution is 5.94. The number of hydrogen-bond acceptors (Lipinski definition) is 2. The van der Waals surface area contributed by atoms with Gasteiger partial charge in [0.2, 0.25) is 0 Å². The summed E-state index contributed by atoms with van der Waals surface area (Å²) in [5.74, 6) is 0.795. The van der Waals surface area contributed by atoms with E-state index in [9.17, 15) is 4.79 Å². The molecule has 0 aliphatic heterocycles. The van der Waals surface area contributed by atoms with E-state index < -0.39 is 0 Å². The Kier molecular flexibility index (Phi) is 4.19. The predicted octanol–water partition coefficient (Wildman–Crippen LogP) is 3.76. The lowest BCUT2D eigenvalue weighted by Gasteiger charge is -2.04. The first-order chi connectivity index (χ1) is 10.8. The number of benzene rings is 2. The van der Waals surface area contributed by atoms with Gasteiger partial charge in [-0.3, -0.25) is 4.79 Å². The Labute approximate surface area is 129 Å². The molecule has 1 amide bonds. The topological polar surface area (TPSA) is 57.8 Å². The fraction of sp³-hybridized carbons (Fsp3) is 0.222. The van der Waals surface area contributed by atoms with Gasteiger partial charge in [-0.15, -0.1) is 0 Å². The van der Waals surface area contributed by atoms with Gasteiger partial charge in [0.05, 0.1) is 11.0 Å². The van der Waals surface area contributed by atoms with Crippen molar-refractivity contribution in [3.8, 4) is 11.4 Å². The van der Waals surface area contributed by atoms with Gasteiger partial charge in [0.1, 0.15) is 5.82 Å². The number of amides is 1. The third kappa shape index (κ3) is 3.01. The molecule has 3 rings (SSSR count). The van der Waals surface area contributed by atoms with Crippen molar-refractivity contribution in [2.45, 2.75) is 19.8 Å². The maximum absolute atomic E-state index is 12.0. The number of unbranched alkanes of at least 4 members (excludes halogenated alkanes) is 1. The van der Waals surface area contributed by atoms with Crippen LogP contribution in [0.2, 0.25) is 0 Å². The van der Waals surface area contributed by atoms with E-state index in [4.69, 9.17) is 0 Å². The lowest BCUT2D eigenvalue weighted by Crippen LogP contribution is -2.24. The van der Waals surface area contributed by atoms with Gasteiger partial charge in [0, 0.05) is 17.7 Å². The first-order valence-electron chi connectivity index (χ1n) is 7.61. The van der Waals surface area contributed by atoms with Crippen molar-refractivity contribution in [3.63, 3.8) is 0 Å². The predicted molar refractivity (Wildman–Crippen MR) is 88.8 cm³/mol. The summed E-state index contributed by atoms with van der Waals surface area (Å²) in [6.07, 6.45) is 2.08. The van der Waals surface area contributed by atoms with Crippen LogP contribution in [-0.4, -0.2) is 22.4 Å². The number of imidazole rings is 1. The van der Waals surface area contributed by atoms with Gasteiger partial charge in [-0.2, -0.15) is 0 Å². The molecular formula is C18H19N3O. The zero-order chi connectivity index (χ0) is 15.4. The fourth-order valence-corrected chi connectivity index (χ4v) is 2.35. The van der Waals surface area contributed by atoms with E-state index in [0.717, 1.165) is 41.8 Å². The van der Waals surface area contributed by atoms with E-state index in [-0.39, 0.29) is 5.91 Å². The summed E-state index contributed by atoms with van der Waals surface area (Å²) in [4.78, 5) is 19.8. The number of aromatic nitrogens is 2. The van der Waals surface area contributed by atoms with E-state index in [2.05, 4.69) is 22.2 Å². The third-order valence-electron chi connectivity index (χ3n) is 3.63. The zero-order valence-electron chi connectivity index (χ0n) is 12.6. The molecule has 0 spiro atoms. The molecule has 2 N–H and O–H groups in total. The number of nitrogens with zero attached hydrogens (tertiary/aromatic N) is 1. The molecule has 112 valence electrons. The minimum Gasteiger partial charge on any atom is -0.352 e. The Morgan fingerprint density at radius 3 is 2.64 bits per heavy atom. The molecule has 0 saturated carbocycles. The van der Waals surface area contributed by atoms with Crippen molar-refractivity contribution in [3.05, 3.63) is 54.1 Å². The van der Waals surface area contributed by atoms with E-state index in [1.54, 1.807) is 0 Å². The number of fused-ring (bicyclic) bond motifs is 1. The van der Waals surface area contributed by atoms with Crippen molar-refractivity contribution in [2.75, 3.05) is 6.54 Å². The van der Waals surface area contributed by atoms with Crippen molar-refractivity contribution < 1.29 is 4.79 Å². The SMILES string of the molecule is CCCCNC(=O)c1ccc(-c2nc3ccccc3[nH]2)cc1. The van der Waals surface area contributed by atoms with Crippen LogP contribution in [0.15, 0.2) is 48.5 Å². The highest BCUT2D eigenvalue weighted by atomic mass is 16.1. The lowest BCUT2D eigenvalue weighted by atomic mass is 10.1. The van der Waals surface area contributed by atoms with Gasteiger partial charge >= 0.3 is 0 Å². The first kappa shape index (κ1) is 14.3. The van der Waals surface area contributed by atoms with E-state index in [0.29, 0.717) is 5.56 Å². The summed E-state index contributed by atoms with van der Waals surface area (Å²) in [7, 11) is 0. The summed E-state index contributed by atoms with van der Waals surface area (Å²) in [5.41, 5.74) is 3.61. The molecule has 4 heteroatoms. The zero-order valence-corrected chi connectivity index (χ0v) is 12.6. The first-order valence-corrected chi connectivity index (χ1v) is 7.61. The molecule has 0 atom stereocenters. The van der Waals surface area contributed by atoms with Gasteiger partial charge in [-0.25, -0.2) is 4.98 Å². The van der Waals surface area contributed by atoms with E-state index in [1.165, 1.54) is 0 Å². The van der Waals surface area contributed by atoms with Gasteiger partial charge in [0.25, 0.3) is 5.91 Å². The normalized spacial score (nSPS) is 10.8. The maximum Gasteiger partial charge on any atom is 0.251 e. The van der Waals surface area contributed by atoms with Crippen LogP contribution in [0.5, 0.6) is 0 Å². The van der Waals surface area contributed by atoms with Crippen molar-refractivity contribution in [2.24, 2.45) is 0 Å². The molecular weight excluding hydrogens is 274 g/mol. The highest BCUT2D eigenvalue weighted by Crippen LogP contribution is 2.20. The quantitative estimate of drug-likeness (QED) is 0.704. The molecule has 0 bridgehead atoms. The Bertz CT molecular complexity index is 741. The molecule has 0 aliphatic rings. The minimum atomic E-state index is -0.0235. The molecule has 0 aliphatic carbocycles. The van der Waals surface area contributed by atoms with Crippen LogP contribution in [0.3, 0.4) is 0 Å². The van der Waals surface area contributed by atoms with Crippen molar-refractivity contribution in [1.29, 1.82) is 0 Å². The number of para-hydroxylation sites is 2. The lowest BCUT2D eigenvalue weighted by molar-refractivity contribution is 0.0953. The molecule has 1 heterocycles. The molecule has 0 saturated heterocycles. The number of aromatic amines is 1. The largest absolute Gasteiger partial charge is 0.352 e. The van der Waals surface area contributed by atoms with Crippen LogP contribution in [0.4, 0.5) is 0 Å². The highest BCUT2D eigenvalue weighted by Gasteiger charge is 2.07. The van der Waals surface area contributed by atoms with Gasteiger partial charge < -0.3 is 10.3 Å². The molecule has 0 unspecified atom stereocenters. The number of carbonyl (C=O) groups is 1. The summed E-state index contributed by atoms with van der Waals surface area (Å²) in [6.45, 7) is 2.83. The minimum absolute atomic E-state index is 0.0235. The van der Waals surface area contributed by atoms with Gasteiger partial charge in [0.15, 0.2) is 0 Å². The standard InChI is InChI=1S/C18H19N3O/c1-2-3-12-19-18(22)14-10-8-13(9-11-14)17-20-15-6-4-5-7-16(15)21-17/h4-11H,2-3,12H2,1H3,(H,19,22)(H,20,21). The molecule has 0 fully saturated rings. The molecule has 3 aromatic rings. The number of rotatable bonds is 5. The molecule has 0 radical (unpaired) electrons. The van der Waals surface area contributed by atoms with Crippen LogP contribution >= 0.6 is 0 Å². The van der Waals surface area contributed by atoms with Gasteiger partial charge in [-0.05, 0) is 30.7 Å². The Hall–Kier alpha value is -2.62. The Balaban J connectivity index is 1.77. The molecule has 1 aromatic heterocycles. The number of carbonyl (C=O) groups excluding carboxylic acids is 1. The van der Waals surface area contributed by atoms with E-state index >= 15 is 0 Å². The third-order valence-corrected chi connectivity index (χ3v) is 3.63. The Morgan fingerprint density at radius 1 is 1.14 bits per heavy atom. The van der Waals surface area contributed by atoms with Crippen LogP contribution in [0, 0.1) is 0 Å². The summed E-state index contributed by atoms with van der Waals surface area (Å²) in [6, 6.07) is 15.4. The summed E-state index contributed by atoms with van der Waals surface area (Å²) >= 11 is 0. The Morgan fingerprint density at radius 2 is 1.91 bits per heavy atom. The van der Waals surface area contributed by atoms with Crippen LogP contribution in [0.1, 0.15) is 30.1 Å². The van der Waals surface area contributed by atoms with E-state index in [1.807, 2.05) is 48.5 Å². The maximum atomic E-state index is 12.0.